The van der Waals surface area contributed by atoms with Crippen LogP contribution in [0, 0.1) is 11.3 Å². The number of aryl methyl sites for hydroxylation is 2. The number of hydrogen-bond acceptors (Lipinski definition) is 3. The lowest BCUT2D eigenvalue weighted by atomic mass is 10.1. The highest BCUT2D eigenvalue weighted by Crippen LogP contribution is 2.19. The summed E-state index contributed by atoms with van der Waals surface area (Å²) in [5.74, 6) is 0.532. The number of rotatable bonds is 3. The van der Waals surface area contributed by atoms with Gasteiger partial charge in [-0.25, -0.2) is 0 Å². The molecule has 1 aromatic carbocycles. The number of nitrogens with two attached hydrogens (primary N) is 1. The molecule has 94 valence electrons. The van der Waals surface area contributed by atoms with E-state index in [1.807, 2.05) is 41.3 Å². The Labute approximate surface area is 110 Å². The average Bonchev–Trinajstić information content (AvgIpc) is 3.02. The average molecular weight is 251 g/mol. The quantitative estimate of drug-likeness (QED) is 0.773. The van der Waals surface area contributed by atoms with Crippen molar-refractivity contribution in [1.29, 1.82) is 5.26 Å². The van der Waals surface area contributed by atoms with Gasteiger partial charge in [0.15, 0.2) is 0 Å². The van der Waals surface area contributed by atoms with Crippen LogP contribution < -0.4 is 5.73 Å². The molecule has 2 aromatic heterocycles. The van der Waals surface area contributed by atoms with Crippen molar-refractivity contribution in [3.8, 4) is 6.07 Å². The van der Waals surface area contributed by atoms with Crippen molar-refractivity contribution >= 4 is 16.7 Å². The molecule has 19 heavy (non-hydrogen) atoms. The highest BCUT2D eigenvalue weighted by Gasteiger charge is 2.05. The van der Waals surface area contributed by atoms with Gasteiger partial charge in [0.2, 0.25) is 0 Å². The molecule has 0 amide bonds. The van der Waals surface area contributed by atoms with E-state index in [1.165, 1.54) is 0 Å². The minimum absolute atomic E-state index is 0.532. The maximum atomic E-state index is 9.07. The van der Waals surface area contributed by atoms with Crippen LogP contribution in [0.25, 0.3) is 10.9 Å². The smallest absolute Gasteiger partial charge is 0.145 e. The van der Waals surface area contributed by atoms with Crippen molar-refractivity contribution in [3.05, 3.63) is 48.3 Å². The molecule has 0 aliphatic rings. The number of fused-ring (bicyclic) bond motifs is 1. The van der Waals surface area contributed by atoms with E-state index in [1.54, 1.807) is 6.07 Å². The first-order valence-corrected chi connectivity index (χ1v) is 6.05. The van der Waals surface area contributed by atoms with Gasteiger partial charge in [0, 0.05) is 29.8 Å². The van der Waals surface area contributed by atoms with Crippen LogP contribution in [0.4, 0.5) is 5.82 Å². The fourth-order valence-corrected chi connectivity index (χ4v) is 2.23. The van der Waals surface area contributed by atoms with Gasteiger partial charge < -0.3 is 10.3 Å². The molecule has 3 aromatic rings. The zero-order valence-corrected chi connectivity index (χ0v) is 10.3. The van der Waals surface area contributed by atoms with E-state index in [-0.39, 0.29) is 0 Å². The van der Waals surface area contributed by atoms with Gasteiger partial charge in [0.05, 0.1) is 18.2 Å². The van der Waals surface area contributed by atoms with E-state index >= 15 is 0 Å². The molecule has 0 aliphatic carbocycles. The summed E-state index contributed by atoms with van der Waals surface area (Å²) in [5, 5.41) is 14.2. The molecule has 0 aliphatic heterocycles. The third-order valence-electron chi connectivity index (χ3n) is 3.17. The van der Waals surface area contributed by atoms with Crippen molar-refractivity contribution in [2.75, 3.05) is 5.73 Å². The van der Waals surface area contributed by atoms with Crippen LogP contribution in [0.5, 0.6) is 0 Å². The first-order chi connectivity index (χ1) is 9.28. The number of nitriles is 1. The van der Waals surface area contributed by atoms with E-state index in [9.17, 15) is 0 Å². The first-order valence-electron chi connectivity index (χ1n) is 6.05. The summed E-state index contributed by atoms with van der Waals surface area (Å²) in [6.45, 7) is 1.54. The summed E-state index contributed by atoms with van der Waals surface area (Å²) in [6.07, 6.45) is 3.86. The number of nitrogens with zero attached hydrogens (tertiary/aromatic N) is 4. The molecule has 0 bridgehead atoms. The van der Waals surface area contributed by atoms with Crippen LogP contribution in [0.3, 0.4) is 0 Å². The zero-order chi connectivity index (χ0) is 13.2. The van der Waals surface area contributed by atoms with Crippen molar-refractivity contribution in [2.45, 2.75) is 13.1 Å². The number of nitrogen functional groups attached to an aromatic ring is 1. The highest BCUT2D eigenvalue weighted by molar-refractivity contribution is 5.85. The SMILES string of the molecule is N#Cc1cccc2c1ccn2CCn1ccc(N)n1. The number of benzene rings is 1. The molecule has 0 saturated carbocycles. The molecule has 5 nitrogen and oxygen atoms in total. The minimum atomic E-state index is 0.532. The molecule has 0 saturated heterocycles. The van der Waals surface area contributed by atoms with E-state index in [2.05, 4.69) is 15.7 Å². The molecule has 0 unspecified atom stereocenters. The van der Waals surface area contributed by atoms with Crippen molar-refractivity contribution < 1.29 is 0 Å². The molecule has 0 spiro atoms. The monoisotopic (exact) mass is 251 g/mol. The van der Waals surface area contributed by atoms with Crippen LogP contribution in [0.2, 0.25) is 0 Å². The standard InChI is InChI=1S/C14H13N5/c15-10-11-2-1-3-13-12(11)4-6-18(13)8-9-19-7-5-14(16)17-19/h1-7H,8-9H2,(H2,16,17). The lowest BCUT2D eigenvalue weighted by Crippen LogP contribution is -2.07. The number of hydrogen-bond donors (Lipinski definition) is 1. The Morgan fingerprint density at radius 3 is 2.79 bits per heavy atom. The van der Waals surface area contributed by atoms with Gasteiger partial charge in [-0.05, 0) is 24.3 Å². The Hall–Kier alpha value is -2.74. The first kappa shape index (κ1) is 11.4. The van der Waals surface area contributed by atoms with Crippen molar-refractivity contribution in [2.24, 2.45) is 0 Å². The largest absolute Gasteiger partial charge is 0.382 e. The van der Waals surface area contributed by atoms with Gasteiger partial charge in [-0.15, -0.1) is 0 Å². The predicted molar refractivity (Wildman–Crippen MR) is 73.3 cm³/mol. The summed E-state index contributed by atoms with van der Waals surface area (Å²) >= 11 is 0. The van der Waals surface area contributed by atoms with Crippen LogP contribution >= 0.6 is 0 Å². The Kier molecular flexibility index (Phi) is 2.69. The Bertz CT molecular complexity index is 760. The molecule has 0 fully saturated rings. The summed E-state index contributed by atoms with van der Waals surface area (Å²) in [4.78, 5) is 0. The van der Waals surface area contributed by atoms with E-state index in [0.29, 0.717) is 11.4 Å². The number of aromatic nitrogens is 3. The topological polar surface area (TPSA) is 72.6 Å². The molecular weight excluding hydrogens is 238 g/mol. The van der Waals surface area contributed by atoms with Crippen molar-refractivity contribution in [3.63, 3.8) is 0 Å². The predicted octanol–water partition coefficient (Wildman–Crippen LogP) is 1.99. The molecule has 2 heterocycles. The second-order valence-electron chi connectivity index (χ2n) is 4.36. The molecule has 2 N–H and O–H groups in total. The minimum Gasteiger partial charge on any atom is -0.382 e. The Balaban J connectivity index is 1.88. The van der Waals surface area contributed by atoms with Crippen LogP contribution in [0.15, 0.2) is 42.7 Å². The lowest BCUT2D eigenvalue weighted by Gasteiger charge is -2.06. The van der Waals surface area contributed by atoms with Crippen LogP contribution in [-0.4, -0.2) is 14.3 Å². The zero-order valence-electron chi connectivity index (χ0n) is 10.3. The second kappa shape index (κ2) is 4.50. The third-order valence-corrected chi connectivity index (χ3v) is 3.17. The van der Waals surface area contributed by atoms with Gasteiger partial charge in [0.1, 0.15) is 5.82 Å². The summed E-state index contributed by atoms with van der Waals surface area (Å²) in [5.41, 5.74) is 7.36. The lowest BCUT2D eigenvalue weighted by molar-refractivity contribution is 0.544. The highest BCUT2D eigenvalue weighted by atomic mass is 15.3. The van der Waals surface area contributed by atoms with Gasteiger partial charge in [-0.3, -0.25) is 4.68 Å². The maximum absolute atomic E-state index is 9.07. The molecule has 0 atom stereocenters. The Morgan fingerprint density at radius 2 is 2.05 bits per heavy atom. The van der Waals surface area contributed by atoms with E-state index in [4.69, 9.17) is 11.0 Å². The maximum Gasteiger partial charge on any atom is 0.145 e. The normalized spacial score (nSPS) is 10.7. The third kappa shape index (κ3) is 2.04. The van der Waals surface area contributed by atoms with Gasteiger partial charge in [-0.2, -0.15) is 10.4 Å². The summed E-state index contributed by atoms with van der Waals surface area (Å²) in [7, 11) is 0. The van der Waals surface area contributed by atoms with Crippen LogP contribution in [-0.2, 0) is 13.1 Å². The Morgan fingerprint density at radius 1 is 1.16 bits per heavy atom. The van der Waals surface area contributed by atoms with Crippen LogP contribution in [0.1, 0.15) is 5.56 Å². The second-order valence-corrected chi connectivity index (χ2v) is 4.36. The van der Waals surface area contributed by atoms with Crippen molar-refractivity contribution in [1.82, 2.24) is 14.3 Å². The summed E-state index contributed by atoms with van der Waals surface area (Å²) in [6, 6.07) is 11.7. The fourth-order valence-electron chi connectivity index (χ4n) is 2.23. The summed E-state index contributed by atoms with van der Waals surface area (Å²) < 4.78 is 3.93. The number of anilines is 1. The molecular formula is C14H13N5. The van der Waals surface area contributed by atoms with E-state index < -0.39 is 0 Å². The van der Waals surface area contributed by atoms with Gasteiger partial charge >= 0.3 is 0 Å². The molecule has 3 rings (SSSR count). The van der Waals surface area contributed by atoms with Gasteiger partial charge in [-0.1, -0.05) is 6.07 Å². The fraction of sp³-hybridized carbons (Fsp3) is 0.143. The molecule has 5 heteroatoms. The molecule has 0 radical (unpaired) electrons. The van der Waals surface area contributed by atoms with Gasteiger partial charge in [0.25, 0.3) is 0 Å². The van der Waals surface area contributed by atoms with E-state index in [0.717, 1.165) is 24.0 Å².